The van der Waals surface area contributed by atoms with Crippen molar-refractivity contribution in [2.75, 3.05) is 0 Å². The number of hydrogen-bond donors (Lipinski definition) is 2. The molecule has 0 saturated carbocycles. The zero-order valence-corrected chi connectivity index (χ0v) is 21.6. The van der Waals surface area contributed by atoms with Crippen molar-refractivity contribution >= 4 is 43.5 Å². The highest BCUT2D eigenvalue weighted by molar-refractivity contribution is 7.90. The smallest absolute Gasteiger partial charge is 0.326 e. The monoisotopic (exact) mass is 535 g/mol. The first kappa shape index (κ1) is 24.9. The van der Waals surface area contributed by atoms with Crippen LogP contribution in [0, 0.1) is 0 Å². The van der Waals surface area contributed by atoms with Crippen LogP contribution in [-0.2, 0) is 19.6 Å². The van der Waals surface area contributed by atoms with E-state index < -0.39 is 26.8 Å². The van der Waals surface area contributed by atoms with Gasteiger partial charge in [-0.05, 0) is 29.2 Å². The van der Waals surface area contributed by atoms with Gasteiger partial charge in [0.05, 0.1) is 0 Å². The summed E-state index contributed by atoms with van der Waals surface area (Å²) in [6.45, 7) is 0. The van der Waals surface area contributed by atoms with E-state index in [1.54, 1.807) is 48.6 Å². The molecular weight excluding hydrogens is 510 g/mol. The van der Waals surface area contributed by atoms with Crippen LogP contribution in [0.15, 0.2) is 126 Å². The summed E-state index contributed by atoms with van der Waals surface area (Å²) in [7, 11) is -4.35. The van der Waals surface area contributed by atoms with Crippen molar-refractivity contribution in [1.82, 2.24) is 4.72 Å². The van der Waals surface area contributed by atoms with Crippen molar-refractivity contribution in [3.8, 4) is 0 Å². The summed E-state index contributed by atoms with van der Waals surface area (Å²) < 4.78 is 35.9. The Morgan fingerprint density at radius 2 is 1.51 bits per heavy atom. The molecule has 7 heteroatoms. The summed E-state index contributed by atoms with van der Waals surface area (Å²) in [5, 5.41) is 11.7. The SMILES string of the molecule is O=C(O)C(NS(=O)(=O)C1(c2cccc3c2oc2ccccc23)C=CC(c2ccccc2)=CC1)c1ccccc1. The molecule has 1 aliphatic carbocycles. The molecule has 0 saturated heterocycles. The van der Waals surface area contributed by atoms with E-state index in [-0.39, 0.29) is 6.42 Å². The summed E-state index contributed by atoms with van der Waals surface area (Å²) >= 11 is 0. The van der Waals surface area contributed by atoms with E-state index in [9.17, 15) is 18.3 Å². The number of furan rings is 1. The van der Waals surface area contributed by atoms with Gasteiger partial charge >= 0.3 is 5.97 Å². The molecule has 6 nitrogen and oxygen atoms in total. The van der Waals surface area contributed by atoms with Crippen molar-refractivity contribution in [2.24, 2.45) is 0 Å². The number of carbonyl (C=O) groups is 1. The molecule has 194 valence electrons. The molecule has 5 aromatic rings. The van der Waals surface area contributed by atoms with E-state index in [1.165, 1.54) is 0 Å². The normalized spacial score (nSPS) is 18.2. The van der Waals surface area contributed by atoms with Gasteiger partial charge in [-0.25, -0.2) is 8.42 Å². The van der Waals surface area contributed by atoms with E-state index in [1.807, 2.05) is 72.8 Å². The number of para-hydroxylation sites is 2. The highest BCUT2D eigenvalue weighted by Gasteiger charge is 2.47. The highest BCUT2D eigenvalue weighted by atomic mass is 32.2. The molecule has 0 fully saturated rings. The summed E-state index contributed by atoms with van der Waals surface area (Å²) in [4.78, 5) is 12.3. The lowest BCUT2D eigenvalue weighted by molar-refractivity contribution is -0.139. The van der Waals surface area contributed by atoms with Gasteiger partial charge in [0.1, 0.15) is 22.0 Å². The van der Waals surface area contributed by atoms with Crippen molar-refractivity contribution in [3.63, 3.8) is 0 Å². The van der Waals surface area contributed by atoms with Crippen molar-refractivity contribution in [2.45, 2.75) is 17.2 Å². The van der Waals surface area contributed by atoms with Crippen molar-refractivity contribution in [3.05, 3.63) is 138 Å². The lowest BCUT2D eigenvalue weighted by Gasteiger charge is -2.34. The second-order valence-corrected chi connectivity index (χ2v) is 11.5. The molecule has 0 amide bonds. The lowest BCUT2D eigenvalue weighted by Crippen LogP contribution is -2.46. The minimum atomic E-state index is -4.35. The van der Waals surface area contributed by atoms with Gasteiger partial charge in [0.2, 0.25) is 10.0 Å². The Labute approximate surface area is 226 Å². The average Bonchev–Trinajstić information content (AvgIpc) is 3.36. The number of benzene rings is 4. The number of fused-ring (bicyclic) bond motifs is 3. The molecule has 0 spiro atoms. The summed E-state index contributed by atoms with van der Waals surface area (Å²) in [6.07, 6.45) is 5.41. The molecule has 0 radical (unpaired) electrons. The molecule has 39 heavy (non-hydrogen) atoms. The van der Waals surface area contributed by atoms with Gasteiger partial charge in [-0.3, -0.25) is 4.79 Å². The molecule has 1 heterocycles. The van der Waals surface area contributed by atoms with E-state index in [4.69, 9.17) is 4.42 Å². The van der Waals surface area contributed by atoms with E-state index in [0.717, 1.165) is 21.9 Å². The summed E-state index contributed by atoms with van der Waals surface area (Å²) in [6, 6.07) is 29.6. The van der Waals surface area contributed by atoms with Crippen molar-refractivity contribution in [1.29, 1.82) is 0 Å². The van der Waals surface area contributed by atoms with Crippen LogP contribution in [0.1, 0.15) is 29.2 Å². The predicted octanol–water partition coefficient (Wildman–Crippen LogP) is 6.57. The van der Waals surface area contributed by atoms with E-state index in [0.29, 0.717) is 22.3 Å². The highest BCUT2D eigenvalue weighted by Crippen LogP contribution is 2.45. The number of sulfonamides is 1. The van der Waals surface area contributed by atoms with Gasteiger partial charge < -0.3 is 9.52 Å². The Kier molecular flexibility index (Phi) is 6.17. The van der Waals surface area contributed by atoms with Crippen LogP contribution in [0.25, 0.3) is 27.5 Å². The number of hydrogen-bond acceptors (Lipinski definition) is 4. The Balaban J connectivity index is 1.54. The zero-order chi connectivity index (χ0) is 27.0. The van der Waals surface area contributed by atoms with Crippen LogP contribution >= 0.6 is 0 Å². The molecule has 4 aromatic carbocycles. The van der Waals surface area contributed by atoms with E-state index >= 15 is 0 Å². The number of carboxylic acid groups (broad SMARTS) is 1. The molecule has 0 bridgehead atoms. The van der Waals surface area contributed by atoms with Crippen LogP contribution in [-0.4, -0.2) is 19.5 Å². The Morgan fingerprint density at radius 3 is 2.21 bits per heavy atom. The standard InChI is InChI=1S/C32H25NO5S/c34-31(35)29(24-12-5-2-6-13-24)33-39(36,37)32(20-18-23(19-21-32)22-10-3-1-4-11-22)27-16-9-15-26-25-14-7-8-17-28(25)38-30(26)27/h1-20,29,33H,21H2,(H,34,35). The quantitative estimate of drug-likeness (QED) is 0.246. The van der Waals surface area contributed by atoms with Crippen LogP contribution in [0.4, 0.5) is 0 Å². The molecule has 2 unspecified atom stereocenters. The first-order chi connectivity index (χ1) is 18.9. The lowest BCUT2D eigenvalue weighted by atomic mass is 9.86. The van der Waals surface area contributed by atoms with E-state index in [2.05, 4.69) is 4.72 Å². The molecule has 6 rings (SSSR count). The van der Waals surface area contributed by atoms with Gasteiger partial charge in [-0.2, -0.15) is 4.72 Å². The topological polar surface area (TPSA) is 96.6 Å². The number of allylic oxidation sites excluding steroid dienone is 3. The van der Waals surface area contributed by atoms with Crippen LogP contribution < -0.4 is 4.72 Å². The molecule has 2 atom stereocenters. The predicted molar refractivity (Wildman–Crippen MR) is 152 cm³/mol. The zero-order valence-electron chi connectivity index (χ0n) is 20.8. The third-order valence-corrected chi connectivity index (χ3v) is 9.28. The second kappa shape index (κ2) is 9.69. The number of nitrogens with one attached hydrogen (secondary N) is 1. The maximum atomic E-state index is 14.4. The van der Waals surface area contributed by atoms with Crippen molar-refractivity contribution < 1.29 is 22.7 Å². The fraction of sp³-hybridized carbons (Fsp3) is 0.0938. The van der Waals surface area contributed by atoms with Gasteiger partial charge in [0.25, 0.3) is 0 Å². The number of aliphatic carboxylic acids is 1. The number of carboxylic acids is 1. The third-order valence-electron chi connectivity index (χ3n) is 7.26. The minimum absolute atomic E-state index is 0.0837. The number of rotatable bonds is 7. The first-order valence-corrected chi connectivity index (χ1v) is 14.0. The Hall–Kier alpha value is -4.46. The van der Waals surface area contributed by atoms with Gasteiger partial charge in [0, 0.05) is 16.3 Å². The van der Waals surface area contributed by atoms with Gasteiger partial charge in [0.15, 0.2) is 0 Å². The van der Waals surface area contributed by atoms with Crippen LogP contribution in [0.2, 0.25) is 0 Å². The summed E-state index contributed by atoms with van der Waals surface area (Å²) in [5.41, 5.74) is 3.73. The summed E-state index contributed by atoms with van der Waals surface area (Å²) in [5.74, 6) is -1.29. The fourth-order valence-corrected chi connectivity index (χ4v) is 7.02. The maximum Gasteiger partial charge on any atom is 0.326 e. The molecule has 1 aliphatic rings. The fourth-order valence-electron chi connectivity index (χ4n) is 5.26. The largest absolute Gasteiger partial charge is 0.480 e. The van der Waals surface area contributed by atoms with Crippen LogP contribution in [0.3, 0.4) is 0 Å². The maximum absolute atomic E-state index is 14.4. The van der Waals surface area contributed by atoms with Crippen LogP contribution in [0.5, 0.6) is 0 Å². The molecule has 0 aliphatic heterocycles. The molecule has 2 N–H and O–H groups in total. The Bertz CT molecular complexity index is 1860. The molecular formula is C32H25NO5S. The average molecular weight is 536 g/mol. The third kappa shape index (κ3) is 4.26. The van der Waals surface area contributed by atoms with Gasteiger partial charge in [-0.15, -0.1) is 0 Å². The Morgan fingerprint density at radius 1 is 0.846 bits per heavy atom. The van der Waals surface area contributed by atoms with Gasteiger partial charge in [-0.1, -0.05) is 115 Å². The molecule has 1 aromatic heterocycles. The minimum Gasteiger partial charge on any atom is -0.480 e. The second-order valence-electron chi connectivity index (χ2n) is 9.54. The first-order valence-electron chi connectivity index (χ1n) is 12.5.